The lowest BCUT2D eigenvalue weighted by molar-refractivity contribution is 0.660. The second kappa shape index (κ2) is 9.78. The monoisotopic (exact) mass is 529 g/mol. The normalized spacial score (nSPS) is 13.3. The van der Waals surface area contributed by atoms with E-state index in [0.29, 0.717) is 5.92 Å². The van der Waals surface area contributed by atoms with Crippen LogP contribution in [0.25, 0.3) is 33.0 Å². The van der Waals surface area contributed by atoms with Gasteiger partial charge in [0.2, 0.25) is 0 Å². The number of para-hydroxylation sites is 1. The van der Waals surface area contributed by atoms with Crippen molar-refractivity contribution >= 4 is 27.8 Å². The molecule has 0 bridgehead atoms. The summed E-state index contributed by atoms with van der Waals surface area (Å²) in [6.45, 7) is 9.28. The molecule has 0 amide bonds. The third kappa shape index (κ3) is 4.16. The summed E-state index contributed by atoms with van der Waals surface area (Å²) >= 11 is 0. The summed E-state index contributed by atoms with van der Waals surface area (Å²) in [5.41, 5.74) is 12.8. The van der Waals surface area contributed by atoms with Gasteiger partial charge in [0, 0.05) is 22.4 Å². The first-order valence-electron chi connectivity index (χ1n) is 14.6. The molecule has 0 unspecified atom stereocenters. The molecule has 41 heavy (non-hydrogen) atoms. The van der Waals surface area contributed by atoms with Crippen molar-refractivity contribution < 1.29 is 0 Å². The maximum absolute atomic E-state index is 2.46. The van der Waals surface area contributed by atoms with Crippen LogP contribution < -0.4 is 4.90 Å². The molecule has 1 nitrogen and oxygen atoms in total. The van der Waals surface area contributed by atoms with Gasteiger partial charge in [0.05, 0.1) is 5.69 Å². The van der Waals surface area contributed by atoms with Crippen molar-refractivity contribution in [2.24, 2.45) is 0 Å². The number of fused-ring (bicyclic) bond motifs is 4. The fourth-order valence-corrected chi connectivity index (χ4v) is 6.71. The number of hydrogen-bond acceptors (Lipinski definition) is 1. The molecule has 1 aliphatic carbocycles. The van der Waals surface area contributed by atoms with E-state index in [9.17, 15) is 0 Å². The number of hydrogen-bond donors (Lipinski definition) is 0. The summed E-state index contributed by atoms with van der Waals surface area (Å²) < 4.78 is 0. The molecular weight excluding hydrogens is 494 g/mol. The third-order valence-corrected chi connectivity index (χ3v) is 8.82. The SMILES string of the molecule is CC(C)c1ccccc1-c1cc2ccccc2cc1N(c1ccccc1)c1ccc2c(c1)C(C)(C)c1ccccc1-2. The van der Waals surface area contributed by atoms with E-state index >= 15 is 0 Å². The van der Waals surface area contributed by atoms with Gasteiger partial charge in [-0.1, -0.05) is 125 Å². The summed E-state index contributed by atoms with van der Waals surface area (Å²) in [7, 11) is 0. The molecule has 0 heterocycles. The lowest BCUT2D eigenvalue weighted by atomic mass is 9.82. The highest BCUT2D eigenvalue weighted by Gasteiger charge is 2.35. The van der Waals surface area contributed by atoms with Gasteiger partial charge in [0.25, 0.3) is 0 Å². The van der Waals surface area contributed by atoms with Crippen LogP contribution in [0.4, 0.5) is 17.1 Å². The lowest BCUT2D eigenvalue weighted by Gasteiger charge is -2.30. The number of anilines is 3. The van der Waals surface area contributed by atoms with Gasteiger partial charge in [-0.3, -0.25) is 0 Å². The minimum atomic E-state index is -0.0687. The number of nitrogens with zero attached hydrogens (tertiary/aromatic N) is 1. The van der Waals surface area contributed by atoms with Crippen molar-refractivity contribution in [2.45, 2.75) is 39.0 Å². The molecule has 7 rings (SSSR count). The van der Waals surface area contributed by atoms with Gasteiger partial charge in [0.1, 0.15) is 0 Å². The minimum absolute atomic E-state index is 0.0687. The fraction of sp³-hybridized carbons (Fsp3) is 0.150. The molecule has 0 saturated carbocycles. The second-order valence-corrected chi connectivity index (χ2v) is 12.0. The van der Waals surface area contributed by atoms with Crippen LogP contribution >= 0.6 is 0 Å². The van der Waals surface area contributed by atoms with E-state index in [1.807, 2.05) is 0 Å². The maximum atomic E-state index is 2.46. The van der Waals surface area contributed by atoms with E-state index < -0.39 is 0 Å². The van der Waals surface area contributed by atoms with Crippen LogP contribution in [0.2, 0.25) is 0 Å². The Kier molecular flexibility index (Phi) is 6.05. The first kappa shape index (κ1) is 25.4. The summed E-state index contributed by atoms with van der Waals surface area (Å²) in [6, 6.07) is 49.1. The molecule has 0 radical (unpaired) electrons. The molecule has 0 spiro atoms. The van der Waals surface area contributed by atoms with Gasteiger partial charge in [-0.2, -0.15) is 0 Å². The third-order valence-electron chi connectivity index (χ3n) is 8.82. The smallest absolute Gasteiger partial charge is 0.0546 e. The molecule has 0 fully saturated rings. The first-order chi connectivity index (χ1) is 19.9. The van der Waals surface area contributed by atoms with Crippen molar-refractivity contribution in [3.8, 4) is 22.3 Å². The Bertz CT molecular complexity index is 1890. The quantitative estimate of drug-likeness (QED) is 0.215. The Morgan fingerprint density at radius 1 is 0.488 bits per heavy atom. The molecule has 0 aromatic heterocycles. The van der Waals surface area contributed by atoms with Crippen molar-refractivity contribution in [2.75, 3.05) is 4.90 Å². The van der Waals surface area contributed by atoms with E-state index in [4.69, 9.17) is 0 Å². The van der Waals surface area contributed by atoms with E-state index in [2.05, 4.69) is 166 Å². The zero-order valence-corrected chi connectivity index (χ0v) is 24.2. The predicted octanol–water partition coefficient (Wildman–Crippen LogP) is 11.4. The summed E-state index contributed by atoms with van der Waals surface area (Å²) in [4.78, 5) is 2.46. The van der Waals surface area contributed by atoms with Crippen molar-refractivity contribution in [3.05, 3.63) is 150 Å². The Morgan fingerprint density at radius 3 is 1.85 bits per heavy atom. The first-order valence-corrected chi connectivity index (χ1v) is 14.6. The fourth-order valence-electron chi connectivity index (χ4n) is 6.71. The molecule has 0 atom stereocenters. The van der Waals surface area contributed by atoms with Crippen molar-refractivity contribution in [1.29, 1.82) is 0 Å². The van der Waals surface area contributed by atoms with Crippen LogP contribution in [0, 0.1) is 0 Å². The van der Waals surface area contributed by atoms with E-state index in [0.717, 1.165) is 5.69 Å². The molecule has 6 aromatic carbocycles. The Labute approximate surface area is 243 Å². The summed E-state index contributed by atoms with van der Waals surface area (Å²) in [6.07, 6.45) is 0. The summed E-state index contributed by atoms with van der Waals surface area (Å²) in [5.74, 6) is 0.412. The molecule has 200 valence electrons. The Hall–Kier alpha value is -4.62. The minimum Gasteiger partial charge on any atom is -0.310 e. The lowest BCUT2D eigenvalue weighted by Crippen LogP contribution is -2.17. The topological polar surface area (TPSA) is 3.24 Å². The van der Waals surface area contributed by atoms with Gasteiger partial charge in [-0.25, -0.2) is 0 Å². The molecule has 6 aromatic rings. The summed E-state index contributed by atoms with van der Waals surface area (Å²) in [5, 5.41) is 2.49. The molecule has 0 N–H and O–H groups in total. The molecule has 0 saturated heterocycles. The van der Waals surface area contributed by atoms with Crippen LogP contribution in [0.3, 0.4) is 0 Å². The van der Waals surface area contributed by atoms with Gasteiger partial charge in [-0.15, -0.1) is 0 Å². The molecular formula is C40H35N. The average Bonchev–Trinajstić information content (AvgIpc) is 3.23. The van der Waals surface area contributed by atoms with E-state index in [1.165, 1.54) is 61.1 Å². The largest absolute Gasteiger partial charge is 0.310 e. The van der Waals surface area contributed by atoms with Gasteiger partial charge < -0.3 is 4.90 Å². The van der Waals surface area contributed by atoms with Crippen LogP contribution in [0.15, 0.2) is 133 Å². The van der Waals surface area contributed by atoms with Crippen molar-refractivity contribution in [3.63, 3.8) is 0 Å². The Morgan fingerprint density at radius 2 is 1.10 bits per heavy atom. The van der Waals surface area contributed by atoms with Gasteiger partial charge in [-0.05, 0) is 86.5 Å². The Balaban J connectivity index is 1.52. The number of benzene rings is 6. The molecule has 1 aliphatic rings. The highest BCUT2D eigenvalue weighted by Crippen LogP contribution is 2.51. The number of rotatable bonds is 5. The average molecular weight is 530 g/mol. The van der Waals surface area contributed by atoms with E-state index in [-0.39, 0.29) is 5.41 Å². The van der Waals surface area contributed by atoms with Gasteiger partial charge >= 0.3 is 0 Å². The van der Waals surface area contributed by atoms with Crippen molar-refractivity contribution in [1.82, 2.24) is 0 Å². The van der Waals surface area contributed by atoms with Crippen LogP contribution in [-0.2, 0) is 5.41 Å². The molecule has 0 aliphatic heterocycles. The molecule has 1 heteroatoms. The maximum Gasteiger partial charge on any atom is 0.0546 e. The highest BCUT2D eigenvalue weighted by atomic mass is 15.1. The van der Waals surface area contributed by atoms with E-state index in [1.54, 1.807) is 0 Å². The van der Waals surface area contributed by atoms with Crippen LogP contribution in [0.5, 0.6) is 0 Å². The van der Waals surface area contributed by atoms with Crippen LogP contribution in [-0.4, -0.2) is 0 Å². The van der Waals surface area contributed by atoms with Crippen LogP contribution in [0.1, 0.15) is 50.3 Å². The van der Waals surface area contributed by atoms with Gasteiger partial charge in [0.15, 0.2) is 0 Å². The zero-order valence-electron chi connectivity index (χ0n) is 24.2. The predicted molar refractivity (Wildman–Crippen MR) is 176 cm³/mol. The standard InChI is InChI=1S/C40H35N/c1-27(2)32-18-10-11-19-33(32)36-24-28-14-8-9-15-29(28)25-39(36)41(30-16-6-5-7-17-30)31-22-23-35-34-20-12-13-21-37(34)40(3,4)38(35)26-31/h5-27H,1-4H3. The second-order valence-electron chi connectivity index (χ2n) is 12.0. The zero-order chi connectivity index (χ0) is 28.1. The highest BCUT2D eigenvalue weighted by molar-refractivity contribution is 5.99.